The Kier molecular flexibility index (Phi) is 7.25. The Balaban J connectivity index is 2.19. The van der Waals surface area contributed by atoms with E-state index < -0.39 is 5.97 Å². The van der Waals surface area contributed by atoms with Gasteiger partial charge >= 0.3 is 5.97 Å². The first kappa shape index (κ1) is 17.0. The molecule has 0 spiro atoms. The molecule has 0 amide bonds. The minimum atomic E-state index is -0.412. The number of rotatable bonds is 9. The number of hydrogen-bond donors (Lipinski definition) is 3. The van der Waals surface area contributed by atoms with Gasteiger partial charge in [-0.1, -0.05) is 25.3 Å². The molecule has 6 heteroatoms. The van der Waals surface area contributed by atoms with Crippen LogP contribution in [0.1, 0.15) is 55.3 Å². The van der Waals surface area contributed by atoms with Crippen LogP contribution in [0.3, 0.4) is 0 Å². The summed E-state index contributed by atoms with van der Waals surface area (Å²) in [6, 6.07) is 4.35. The standard InChI is InChI=1S/C15H21NO5/c16-21-14(19)10-5-3-1-2-4-8-12(17)11-7-6-9-13(18)15(11)20/h6-7,9,18,20H,1-5,8,10,16H2. The molecule has 1 aromatic rings. The second kappa shape index (κ2) is 8.97. The van der Waals surface area contributed by atoms with Crippen molar-refractivity contribution in [1.82, 2.24) is 0 Å². The maximum atomic E-state index is 11.9. The van der Waals surface area contributed by atoms with E-state index >= 15 is 0 Å². The third-order valence-electron chi connectivity index (χ3n) is 3.23. The fourth-order valence-corrected chi connectivity index (χ4v) is 2.04. The summed E-state index contributed by atoms with van der Waals surface area (Å²) in [5, 5.41) is 18.9. The van der Waals surface area contributed by atoms with Crippen molar-refractivity contribution >= 4 is 11.8 Å². The number of nitrogens with two attached hydrogens (primary N) is 1. The number of ketones is 1. The molecule has 6 nitrogen and oxygen atoms in total. The second-order valence-corrected chi connectivity index (χ2v) is 4.85. The Morgan fingerprint density at radius 1 is 1.00 bits per heavy atom. The van der Waals surface area contributed by atoms with Gasteiger partial charge in [0.1, 0.15) is 0 Å². The van der Waals surface area contributed by atoms with Gasteiger partial charge < -0.3 is 15.1 Å². The van der Waals surface area contributed by atoms with Crippen molar-refractivity contribution < 1.29 is 24.6 Å². The number of phenols is 2. The molecule has 0 bridgehead atoms. The summed E-state index contributed by atoms with van der Waals surface area (Å²) in [5.74, 6) is 3.48. The summed E-state index contributed by atoms with van der Waals surface area (Å²) >= 11 is 0. The van der Waals surface area contributed by atoms with Crippen LogP contribution in [-0.2, 0) is 9.63 Å². The highest BCUT2D eigenvalue weighted by Crippen LogP contribution is 2.29. The zero-order valence-corrected chi connectivity index (χ0v) is 11.9. The zero-order valence-electron chi connectivity index (χ0n) is 11.9. The highest BCUT2D eigenvalue weighted by atomic mass is 16.7. The first-order valence-corrected chi connectivity index (χ1v) is 7.00. The average molecular weight is 295 g/mol. The molecule has 0 heterocycles. The molecule has 21 heavy (non-hydrogen) atoms. The Hall–Kier alpha value is -2.08. The molecule has 0 atom stereocenters. The van der Waals surface area contributed by atoms with E-state index in [9.17, 15) is 19.8 Å². The van der Waals surface area contributed by atoms with Crippen molar-refractivity contribution in [2.75, 3.05) is 0 Å². The predicted molar refractivity (Wildman–Crippen MR) is 76.7 cm³/mol. The molecule has 0 saturated carbocycles. The lowest BCUT2D eigenvalue weighted by molar-refractivity contribution is -0.144. The van der Waals surface area contributed by atoms with Crippen molar-refractivity contribution in [3.05, 3.63) is 23.8 Å². The van der Waals surface area contributed by atoms with Gasteiger partial charge in [0, 0.05) is 12.8 Å². The summed E-state index contributed by atoms with van der Waals surface area (Å²) in [6.45, 7) is 0. The quantitative estimate of drug-likeness (QED) is 0.279. The van der Waals surface area contributed by atoms with E-state index in [1.165, 1.54) is 18.2 Å². The van der Waals surface area contributed by atoms with E-state index in [4.69, 9.17) is 5.90 Å². The molecule has 0 saturated heterocycles. The third kappa shape index (κ3) is 5.83. The SMILES string of the molecule is NOC(=O)CCCCCCCC(=O)c1cccc(O)c1O. The minimum absolute atomic E-state index is 0.153. The van der Waals surface area contributed by atoms with Crippen LogP contribution < -0.4 is 5.90 Å². The van der Waals surface area contributed by atoms with E-state index in [1.807, 2.05) is 0 Å². The first-order chi connectivity index (χ1) is 10.1. The van der Waals surface area contributed by atoms with E-state index in [0.29, 0.717) is 19.3 Å². The number of Topliss-reactive ketones (excluding diaryl/α,β-unsaturated/α-hetero) is 1. The molecule has 1 rings (SSSR count). The molecular weight excluding hydrogens is 274 g/mol. The predicted octanol–water partition coefficient (Wildman–Crippen LogP) is 2.43. The van der Waals surface area contributed by atoms with Gasteiger partial charge in [0.25, 0.3) is 0 Å². The average Bonchev–Trinajstić information content (AvgIpc) is 2.48. The van der Waals surface area contributed by atoms with Crippen LogP contribution in [0, 0.1) is 0 Å². The van der Waals surface area contributed by atoms with Gasteiger partial charge in [-0.2, -0.15) is 5.90 Å². The summed E-state index contributed by atoms with van der Waals surface area (Å²) in [5.41, 5.74) is 0.153. The van der Waals surface area contributed by atoms with Crippen molar-refractivity contribution in [2.24, 2.45) is 5.90 Å². The van der Waals surface area contributed by atoms with Crippen molar-refractivity contribution in [3.8, 4) is 11.5 Å². The van der Waals surface area contributed by atoms with E-state index in [-0.39, 0.29) is 22.8 Å². The normalized spacial score (nSPS) is 10.3. The maximum Gasteiger partial charge on any atom is 0.324 e. The highest BCUT2D eigenvalue weighted by Gasteiger charge is 2.13. The Bertz CT molecular complexity index is 487. The molecule has 1 aromatic carbocycles. The number of carbonyl (C=O) groups excluding carboxylic acids is 2. The summed E-state index contributed by atoms with van der Waals surface area (Å²) < 4.78 is 0. The van der Waals surface area contributed by atoms with Crippen LogP contribution in [-0.4, -0.2) is 22.0 Å². The number of carbonyl (C=O) groups is 2. The lowest BCUT2D eigenvalue weighted by atomic mass is 10.0. The van der Waals surface area contributed by atoms with Gasteiger partial charge in [-0.15, -0.1) is 0 Å². The maximum absolute atomic E-state index is 11.9. The number of aromatic hydroxyl groups is 2. The molecule has 0 radical (unpaired) electrons. The van der Waals surface area contributed by atoms with Crippen LogP contribution in [0.4, 0.5) is 0 Å². The van der Waals surface area contributed by atoms with Crippen molar-refractivity contribution in [2.45, 2.75) is 44.9 Å². The molecule has 0 unspecified atom stereocenters. The van der Waals surface area contributed by atoms with Crippen molar-refractivity contribution in [3.63, 3.8) is 0 Å². The number of hydrogen-bond acceptors (Lipinski definition) is 6. The molecule has 0 fully saturated rings. The number of para-hydroxylation sites is 1. The topological polar surface area (TPSA) is 110 Å². The molecule has 0 aromatic heterocycles. The van der Waals surface area contributed by atoms with E-state index in [0.717, 1.165) is 25.7 Å². The molecule has 0 aliphatic heterocycles. The Labute approximate surface area is 123 Å². The fourth-order valence-electron chi connectivity index (χ4n) is 2.04. The van der Waals surface area contributed by atoms with Gasteiger partial charge in [-0.25, -0.2) is 0 Å². The zero-order chi connectivity index (χ0) is 15.7. The summed E-state index contributed by atoms with van der Waals surface area (Å²) in [6.07, 6.45) is 4.71. The lowest BCUT2D eigenvalue weighted by Crippen LogP contribution is -2.09. The van der Waals surface area contributed by atoms with Crippen molar-refractivity contribution in [1.29, 1.82) is 0 Å². The fraction of sp³-hybridized carbons (Fsp3) is 0.467. The second-order valence-electron chi connectivity index (χ2n) is 4.85. The number of unbranched alkanes of at least 4 members (excludes halogenated alkanes) is 4. The van der Waals surface area contributed by atoms with Gasteiger partial charge in [-0.05, 0) is 25.0 Å². The largest absolute Gasteiger partial charge is 0.504 e. The van der Waals surface area contributed by atoms with E-state index in [1.54, 1.807) is 0 Å². The molecule has 116 valence electrons. The summed E-state index contributed by atoms with van der Waals surface area (Å²) in [4.78, 5) is 26.7. The van der Waals surface area contributed by atoms with E-state index in [2.05, 4.69) is 4.84 Å². The molecule has 4 N–H and O–H groups in total. The smallest absolute Gasteiger partial charge is 0.324 e. The van der Waals surface area contributed by atoms with Gasteiger partial charge in [0.05, 0.1) is 5.56 Å². The van der Waals surface area contributed by atoms with Gasteiger partial charge in [0.2, 0.25) is 0 Å². The first-order valence-electron chi connectivity index (χ1n) is 7.00. The van der Waals surface area contributed by atoms with Crippen LogP contribution in [0.5, 0.6) is 11.5 Å². The van der Waals surface area contributed by atoms with Gasteiger partial charge in [-0.3, -0.25) is 9.59 Å². The number of benzene rings is 1. The minimum Gasteiger partial charge on any atom is -0.504 e. The molecule has 0 aliphatic rings. The highest BCUT2D eigenvalue weighted by molar-refractivity contribution is 5.99. The van der Waals surface area contributed by atoms with Crippen LogP contribution in [0.25, 0.3) is 0 Å². The van der Waals surface area contributed by atoms with Crippen LogP contribution in [0.15, 0.2) is 18.2 Å². The van der Waals surface area contributed by atoms with Crippen LogP contribution >= 0.6 is 0 Å². The molecule has 0 aliphatic carbocycles. The molecular formula is C15H21NO5. The monoisotopic (exact) mass is 295 g/mol. The lowest BCUT2D eigenvalue weighted by Gasteiger charge is -2.05. The third-order valence-corrected chi connectivity index (χ3v) is 3.23. The Morgan fingerprint density at radius 2 is 1.62 bits per heavy atom. The van der Waals surface area contributed by atoms with Gasteiger partial charge in [0.15, 0.2) is 17.3 Å². The Morgan fingerprint density at radius 3 is 2.29 bits per heavy atom. The summed E-state index contributed by atoms with van der Waals surface area (Å²) in [7, 11) is 0. The van der Waals surface area contributed by atoms with Crippen LogP contribution in [0.2, 0.25) is 0 Å². The number of phenolic OH excluding ortho intramolecular Hbond substituents is 2.